The third-order valence-corrected chi connectivity index (χ3v) is 4.78. The fourth-order valence-electron chi connectivity index (χ4n) is 2.35. The van der Waals surface area contributed by atoms with Gasteiger partial charge in [0.25, 0.3) is 11.6 Å². The maximum absolute atomic E-state index is 13.7. The number of amides is 1. The number of aliphatic hydroxyl groups is 1. The van der Waals surface area contributed by atoms with Gasteiger partial charge in [0, 0.05) is 28.8 Å². The zero-order valence-corrected chi connectivity index (χ0v) is 13.6. The van der Waals surface area contributed by atoms with Gasteiger partial charge in [0.2, 0.25) is 0 Å². The Bertz CT molecular complexity index is 939. The third kappa shape index (κ3) is 3.65. The first-order chi connectivity index (χ1) is 12.0. The molecule has 2 N–H and O–H groups in total. The molecule has 6 nitrogen and oxygen atoms in total. The molecule has 0 aliphatic rings. The number of hydrogen-bond acceptors (Lipinski definition) is 5. The van der Waals surface area contributed by atoms with Gasteiger partial charge in [0.05, 0.1) is 15.9 Å². The number of rotatable bonds is 5. The number of halogens is 1. The molecule has 0 unspecified atom stereocenters. The summed E-state index contributed by atoms with van der Waals surface area (Å²) in [6.45, 7) is -0.0621. The summed E-state index contributed by atoms with van der Waals surface area (Å²) in [5, 5.41) is 23.7. The van der Waals surface area contributed by atoms with E-state index in [-0.39, 0.29) is 12.2 Å². The molecule has 0 radical (unpaired) electrons. The van der Waals surface area contributed by atoms with E-state index in [1.165, 1.54) is 36.4 Å². The van der Waals surface area contributed by atoms with E-state index >= 15 is 0 Å². The SMILES string of the molecule is O=C(NC[C@@H](O)c1ccc([N+](=O)[O-])cc1)c1cc2c(F)cccc2s1. The van der Waals surface area contributed by atoms with Crippen molar-refractivity contribution in [3.8, 4) is 0 Å². The normalized spacial score (nSPS) is 12.1. The van der Waals surface area contributed by atoms with Crippen LogP contribution >= 0.6 is 11.3 Å². The highest BCUT2D eigenvalue weighted by atomic mass is 32.1. The Morgan fingerprint density at radius 3 is 2.64 bits per heavy atom. The molecule has 0 fully saturated rings. The number of thiophene rings is 1. The predicted octanol–water partition coefficient (Wildman–Crippen LogP) is 3.41. The topological polar surface area (TPSA) is 92.5 Å². The molecular formula is C17H13FN2O4S. The number of fused-ring (bicyclic) bond motifs is 1. The molecule has 0 bridgehead atoms. The molecular weight excluding hydrogens is 347 g/mol. The van der Waals surface area contributed by atoms with Crippen LogP contribution in [0.4, 0.5) is 10.1 Å². The number of nitrogens with zero attached hydrogens (tertiary/aromatic N) is 1. The summed E-state index contributed by atoms with van der Waals surface area (Å²) < 4.78 is 14.3. The highest BCUT2D eigenvalue weighted by molar-refractivity contribution is 7.20. The monoisotopic (exact) mass is 360 g/mol. The summed E-state index contributed by atoms with van der Waals surface area (Å²) in [7, 11) is 0. The van der Waals surface area contributed by atoms with E-state index < -0.39 is 22.8 Å². The number of carbonyl (C=O) groups excluding carboxylic acids is 1. The largest absolute Gasteiger partial charge is 0.387 e. The lowest BCUT2D eigenvalue weighted by molar-refractivity contribution is -0.384. The second-order valence-electron chi connectivity index (χ2n) is 5.34. The minimum atomic E-state index is -1.00. The van der Waals surface area contributed by atoms with Crippen LogP contribution in [0.15, 0.2) is 48.5 Å². The van der Waals surface area contributed by atoms with Gasteiger partial charge < -0.3 is 10.4 Å². The molecule has 8 heteroatoms. The van der Waals surface area contributed by atoms with Crippen molar-refractivity contribution in [1.82, 2.24) is 5.32 Å². The average molecular weight is 360 g/mol. The molecule has 1 aromatic heterocycles. The Morgan fingerprint density at radius 1 is 1.28 bits per heavy atom. The first kappa shape index (κ1) is 17.0. The van der Waals surface area contributed by atoms with Crippen LogP contribution < -0.4 is 5.32 Å². The first-order valence-corrected chi connectivity index (χ1v) is 8.16. The fraction of sp³-hybridized carbons (Fsp3) is 0.118. The van der Waals surface area contributed by atoms with Gasteiger partial charge in [-0.3, -0.25) is 14.9 Å². The van der Waals surface area contributed by atoms with Crippen LogP contribution in [-0.2, 0) is 0 Å². The van der Waals surface area contributed by atoms with Crippen LogP contribution in [0.2, 0.25) is 0 Å². The van der Waals surface area contributed by atoms with Crippen molar-refractivity contribution in [1.29, 1.82) is 0 Å². The molecule has 0 saturated carbocycles. The summed E-state index contributed by atoms with van der Waals surface area (Å²) in [5.41, 5.74) is 0.376. The molecule has 25 heavy (non-hydrogen) atoms. The Labute approximate surface area is 145 Å². The second-order valence-corrected chi connectivity index (χ2v) is 6.42. The number of carbonyl (C=O) groups is 1. The molecule has 0 saturated heterocycles. The zero-order valence-electron chi connectivity index (χ0n) is 12.8. The van der Waals surface area contributed by atoms with Crippen molar-refractivity contribution < 1.29 is 19.2 Å². The van der Waals surface area contributed by atoms with Crippen molar-refractivity contribution in [3.05, 3.63) is 74.9 Å². The Kier molecular flexibility index (Phi) is 4.73. The van der Waals surface area contributed by atoms with E-state index in [0.29, 0.717) is 20.5 Å². The number of nitrogens with one attached hydrogen (secondary N) is 1. The zero-order chi connectivity index (χ0) is 18.0. The Balaban J connectivity index is 1.66. The summed E-state index contributed by atoms with van der Waals surface area (Å²) in [6, 6.07) is 11.6. The van der Waals surface area contributed by atoms with Crippen LogP contribution in [0, 0.1) is 15.9 Å². The third-order valence-electron chi connectivity index (χ3n) is 3.68. The predicted molar refractivity (Wildman–Crippen MR) is 92.2 cm³/mol. The lowest BCUT2D eigenvalue weighted by Gasteiger charge is -2.11. The molecule has 1 heterocycles. The molecule has 3 rings (SSSR count). The van der Waals surface area contributed by atoms with Gasteiger partial charge in [-0.25, -0.2) is 4.39 Å². The van der Waals surface area contributed by atoms with Gasteiger partial charge in [-0.15, -0.1) is 11.3 Å². The highest BCUT2D eigenvalue weighted by Gasteiger charge is 2.15. The van der Waals surface area contributed by atoms with E-state index in [9.17, 15) is 24.4 Å². The van der Waals surface area contributed by atoms with E-state index in [2.05, 4.69) is 5.32 Å². The van der Waals surface area contributed by atoms with E-state index in [1.54, 1.807) is 12.1 Å². The molecule has 3 aromatic rings. The van der Waals surface area contributed by atoms with Gasteiger partial charge in [-0.05, 0) is 35.9 Å². The molecule has 0 spiro atoms. The van der Waals surface area contributed by atoms with Crippen LogP contribution in [0.25, 0.3) is 10.1 Å². The van der Waals surface area contributed by atoms with Gasteiger partial charge in [-0.2, -0.15) is 0 Å². The number of non-ortho nitro benzene ring substituents is 1. The van der Waals surface area contributed by atoms with Crippen molar-refractivity contribution in [3.63, 3.8) is 0 Å². The Morgan fingerprint density at radius 2 is 2.00 bits per heavy atom. The molecule has 0 aliphatic carbocycles. The van der Waals surface area contributed by atoms with Crippen molar-refractivity contribution >= 4 is 33.0 Å². The number of nitro benzene ring substituents is 1. The van der Waals surface area contributed by atoms with Gasteiger partial charge >= 0.3 is 0 Å². The van der Waals surface area contributed by atoms with E-state index in [0.717, 1.165) is 11.3 Å². The number of hydrogen-bond donors (Lipinski definition) is 2. The lowest BCUT2D eigenvalue weighted by atomic mass is 10.1. The van der Waals surface area contributed by atoms with Crippen molar-refractivity contribution in [2.24, 2.45) is 0 Å². The molecule has 1 amide bonds. The van der Waals surface area contributed by atoms with Crippen LogP contribution in [0.5, 0.6) is 0 Å². The summed E-state index contributed by atoms with van der Waals surface area (Å²) >= 11 is 1.16. The van der Waals surface area contributed by atoms with Crippen LogP contribution in [-0.4, -0.2) is 22.5 Å². The van der Waals surface area contributed by atoms with E-state index in [4.69, 9.17) is 0 Å². The standard InChI is InChI=1S/C17H13FN2O4S/c18-13-2-1-3-15-12(13)8-16(25-15)17(22)19-9-14(21)10-4-6-11(7-5-10)20(23)24/h1-8,14,21H,9H2,(H,19,22)/t14-/m1/s1. The minimum Gasteiger partial charge on any atom is -0.387 e. The van der Waals surface area contributed by atoms with Crippen molar-refractivity contribution in [2.45, 2.75) is 6.10 Å². The second kappa shape index (κ2) is 6.96. The molecule has 1 atom stereocenters. The summed E-state index contributed by atoms with van der Waals surface area (Å²) in [6.07, 6.45) is -1.00. The average Bonchev–Trinajstić information content (AvgIpc) is 3.05. The smallest absolute Gasteiger partial charge is 0.269 e. The van der Waals surface area contributed by atoms with Crippen LogP contribution in [0.3, 0.4) is 0 Å². The van der Waals surface area contributed by atoms with Gasteiger partial charge in [0.1, 0.15) is 5.82 Å². The van der Waals surface area contributed by atoms with Gasteiger partial charge in [0.15, 0.2) is 0 Å². The molecule has 128 valence electrons. The van der Waals surface area contributed by atoms with E-state index in [1.807, 2.05) is 0 Å². The highest BCUT2D eigenvalue weighted by Crippen LogP contribution is 2.27. The maximum atomic E-state index is 13.7. The van der Waals surface area contributed by atoms with Gasteiger partial charge in [-0.1, -0.05) is 6.07 Å². The fourth-order valence-corrected chi connectivity index (χ4v) is 3.34. The first-order valence-electron chi connectivity index (χ1n) is 7.34. The van der Waals surface area contributed by atoms with Crippen molar-refractivity contribution in [2.75, 3.05) is 6.54 Å². The minimum absolute atomic E-state index is 0.0621. The number of benzene rings is 2. The Hall–Kier alpha value is -2.84. The maximum Gasteiger partial charge on any atom is 0.269 e. The summed E-state index contributed by atoms with van der Waals surface area (Å²) in [5.74, 6) is -0.805. The molecule has 2 aromatic carbocycles. The lowest BCUT2D eigenvalue weighted by Crippen LogP contribution is -2.27. The quantitative estimate of drug-likeness (QED) is 0.539. The molecule has 0 aliphatic heterocycles. The number of aliphatic hydroxyl groups excluding tert-OH is 1. The number of nitro groups is 1. The van der Waals surface area contributed by atoms with Crippen LogP contribution in [0.1, 0.15) is 21.3 Å². The summed E-state index contributed by atoms with van der Waals surface area (Å²) in [4.78, 5) is 22.6.